The molecule has 5 unspecified atom stereocenters. The molecule has 8 nitrogen and oxygen atoms in total. The maximum Gasteiger partial charge on any atom is 0.339 e. The minimum Gasteiger partial charge on any atom is -0.461 e. The van der Waals surface area contributed by atoms with E-state index in [-0.39, 0.29) is 5.63 Å². The van der Waals surface area contributed by atoms with Gasteiger partial charge in [-0.2, -0.15) is 0 Å². The fourth-order valence-electron chi connectivity index (χ4n) is 3.89. The molecule has 1 aliphatic heterocycles. The van der Waals surface area contributed by atoms with Gasteiger partial charge in [0.1, 0.15) is 35.7 Å². The average molecular weight is 378 g/mol. The molecule has 2 aliphatic rings. The molecule has 1 saturated heterocycles. The number of fused-ring (bicyclic) bond motifs is 3. The van der Waals surface area contributed by atoms with E-state index < -0.39 is 37.3 Å². The van der Waals surface area contributed by atoms with Crippen molar-refractivity contribution in [2.24, 2.45) is 0 Å². The van der Waals surface area contributed by atoms with Crippen molar-refractivity contribution in [1.29, 1.82) is 0 Å². The molecule has 1 aromatic carbocycles. The lowest BCUT2D eigenvalue weighted by atomic mass is 9.99. The minimum atomic E-state index is -1.53. The van der Waals surface area contributed by atoms with E-state index in [0.29, 0.717) is 35.1 Å². The largest absolute Gasteiger partial charge is 0.461 e. The summed E-state index contributed by atoms with van der Waals surface area (Å²) in [7, 11) is 0. The highest BCUT2D eigenvalue weighted by molar-refractivity contribution is 5.88. The van der Waals surface area contributed by atoms with Gasteiger partial charge in [-0.1, -0.05) is 0 Å². The van der Waals surface area contributed by atoms with Crippen molar-refractivity contribution in [3.8, 4) is 5.75 Å². The minimum absolute atomic E-state index is 0.348. The van der Waals surface area contributed by atoms with Gasteiger partial charge in [0.15, 0.2) is 0 Å². The Morgan fingerprint density at radius 3 is 2.59 bits per heavy atom. The van der Waals surface area contributed by atoms with Crippen molar-refractivity contribution in [1.82, 2.24) is 0 Å². The number of hydrogen-bond donors (Lipinski definition) is 4. The van der Waals surface area contributed by atoms with Crippen LogP contribution in [0.3, 0.4) is 0 Å². The topological polar surface area (TPSA) is 130 Å². The molecule has 146 valence electrons. The second-order valence-corrected chi connectivity index (χ2v) is 7.15. The van der Waals surface area contributed by atoms with Gasteiger partial charge in [0.25, 0.3) is 0 Å². The smallest absolute Gasteiger partial charge is 0.339 e. The first-order chi connectivity index (χ1) is 12.9. The summed E-state index contributed by atoms with van der Waals surface area (Å²) in [4.78, 5) is 12.2. The van der Waals surface area contributed by atoms with Gasteiger partial charge in [-0.25, -0.2) is 4.79 Å². The summed E-state index contributed by atoms with van der Waals surface area (Å²) >= 11 is 0. The Kier molecular flexibility index (Phi) is 4.69. The highest BCUT2D eigenvalue weighted by atomic mass is 16.7. The Labute approximate surface area is 154 Å². The predicted octanol–water partition coefficient (Wildman–Crippen LogP) is -0.231. The van der Waals surface area contributed by atoms with Gasteiger partial charge in [0.05, 0.1) is 12.0 Å². The molecular weight excluding hydrogens is 356 g/mol. The van der Waals surface area contributed by atoms with Crippen molar-refractivity contribution in [3.63, 3.8) is 0 Å². The van der Waals surface area contributed by atoms with E-state index >= 15 is 0 Å². The van der Waals surface area contributed by atoms with Gasteiger partial charge in [-0.15, -0.1) is 0 Å². The lowest BCUT2D eigenvalue weighted by Gasteiger charge is -2.39. The molecule has 4 N–H and O–H groups in total. The SMILES string of the molecule is Cc1cc(OC2OC(CO)C(O)C(O)C2O)c2c3c(c(=O)oc2c1)CCC3. The molecule has 1 aromatic heterocycles. The fraction of sp³-hybridized carbons (Fsp3) is 0.526. The van der Waals surface area contributed by atoms with Crippen LogP contribution in [0.25, 0.3) is 11.0 Å². The summed E-state index contributed by atoms with van der Waals surface area (Å²) in [6.45, 7) is 1.27. The standard InChI is InChI=1S/C19H22O8/c1-8-5-11-14(9-3-2-4-10(9)18(24)25-11)12(6-8)26-19-17(23)16(22)15(21)13(7-20)27-19/h5-6,13,15-17,19-23H,2-4,7H2,1H3. The summed E-state index contributed by atoms with van der Waals surface area (Å²) in [5, 5.41) is 40.1. The van der Waals surface area contributed by atoms with Crippen LogP contribution >= 0.6 is 0 Å². The molecular formula is C19H22O8. The predicted molar refractivity (Wildman–Crippen MR) is 93.6 cm³/mol. The molecule has 0 amide bonds. The van der Waals surface area contributed by atoms with Crippen molar-refractivity contribution in [2.45, 2.75) is 56.9 Å². The lowest BCUT2D eigenvalue weighted by Crippen LogP contribution is -2.60. The quantitative estimate of drug-likeness (QED) is 0.539. The van der Waals surface area contributed by atoms with Crippen LogP contribution in [0.2, 0.25) is 0 Å². The molecule has 2 heterocycles. The summed E-state index contributed by atoms with van der Waals surface area (Å²) in [6, 6.07) is 3.48. The van der Waals surface area contributed by atoms with Gasteiger partial charge in [0.2, 0.25) is 6.29 Å². The van der Waals surface area contributed by atoms with E-state index in [1.165, 1.54) is 0 Å². The fourth-order valence-corrected chi connectivity index (χ4v) is 3.89. The zero-order valence-electron chi connectivity index (χ0n) is 14.8. The number of aliphatic hydroxyl groups is 4. The molecule has 0 radical (unpaired) electrons. The summed E-state index contributed by atoms with van der Waals surface area (Å²) < 4.78 is 16.8. The first-order valence-electron chi connectivity index (χ1n) is 8.97. The summed E-state index contributed by atoms with van der Waals surface area (Å²) in [5.74, 6) is 0.358. The van der Waals surface area contributed by atoms with Crippen LogP contribution < -0.4 is 10.4 Å². The van der Waals surface area contributed by atoms with Crippen LogP contribution in [0.1, 0.15) is 23.1 Å². The highest BCUT2D eigenvalue weighted by Gasteiger charge is 2.45. The molecule has 0 saturated carbocycles. The molecule has 2 aromatic rings. The van der Waals surface area contributed by atoms with E-state index in [1.807, 2.05) is 6.92 Å². The Hall–Kier alpha value is -1.97. The van der Waals surface area contributed by atoms with Crippen LogP contribution in [0.5, 0.6) is 5.75 Å². The molecule has 4 rings (SSSR count). The first kappa shape index (κ1) is 18.4. The number of benzene rings is 1. The number of ether oxygens (including phenoxy) is 2. The molecule has 1 fully saturated rings. The highest BCUT2D eigenvalue weighted by Crippen LogP contribution is 2.36. The van der Waals surface area contributed by atoms with Crippen molar-refractivity contribution in [3.05, 3.63) is 39.2 Å². The zero-order valence-corrected chi connectivity index (χ0v) is 14.8. The number of aliphatic hydroxyl groups excluding tert-OH is 4. The second-order valence-electron chi connectivity index (χ2n) is 7.15. The average Bonchev–Trinajstić information content (AvgIpc) is 3.12. The third kappa shape index (κ3) is 3.03. The van der Waals surface area contributed by atoms with Gasteiger partial charge in [0, 0.05) is 5.56 Å². The van der Waals surface area contributed by atoms with Gasteiger partial charge in [-0.05, 0) is 49.4 Å². The van der Waals surface area contributed by atoms with Crippen LogP contribution in [0, 0.1) is 6.92 Å². The van der Waals surface area contributed by atoms with E-state index in [0.717, 1.165) is 17.5 Å². The molecule has 27 heavy (non-hydrogen) atoms. The van der Waals surface area contributed by atoms with Crippen LogP contribution in [-0.4, -0.2) is 57.7 Å². The van der Waals surface area contributed by atoms with Crippen molar-refractivity contribution < 1.29 is 34.3 Å². The summed E-state index contributed by atoms with van der Waals surface area (Å²) in [5.41, 5.74) is 2.31. The van der Waals surface area contributed by atoms with Crippen LogP contribution in [0.15, 0.2) is 21.3 Å². The molecule has 5 atom stereocenters. The Bertz CT molecular complexity index is 918. The van der Waals surface area contributed by atoms with Crippen molar-refractivity contribution in [2.75, 3.05) is 6.61 Å². The molecule has 8 heteroatoms. The molecule has 0 spiro atoms. The van der Waals surface area contributed by atoms with E-state index in [9.17, 15) is 25.2 Å². The number of hydrogen-bond acceptors (Lipinski definition) is 8. The zero-order chi connectivity index (χ0) is 19.3. The van der Waals surface area contributed by atoms with Crippen molar-refractivity contribution >= 4 is 11.0 Å². The third-order valence-corrected chi connectivity index (χ3v) is 5.27. The molecule has 0 bridgehead atoms. The van der Waals surface area contributed by atoms with Crippen LogP contribution in [-0.2, 0) is 17.6 Å². The monoisotopic (exact) mass is 378 g/mol. The van der Waals surface area contributed by atoms with E-state index in [1.54, 1.807) is 12.1 Å². The number of rotatable bonds is 3. The van der Waals surface area contributed by atoms with Gasteiger partial charge < -0.3 is 34.3 Å². The van der Waals surface area contributed by atoms with E-state index in [4.69, 9.17) is 13.9 Å². The Morgan fingerprint density at radius 2 is 1.85 bits per heavy atom. The van der Waals surface area contributed by atoms with E-state index in [2.05, 4.69) is 0 Å². The normalized spacial score (nSPS) is 30.5. The Morgan fingerprint density at radius 1 is 1.11 bits per heavy atom. The number of aryl methyl sites for hydroxylation is 2. The maximum absolute atomic E-state index is 12.2. The first-order valence-corrected chi connectivity index (χ1v) is 8.97. The Balaban J connectivity index is 1.78. The second kappa shape index (κ2) is 6.88. The van der Waals surface area contributed by atoms with Gasteiger partial charge >= 0.3 is 5.63 Å². The lowest BCUT2D eigenvalue weighted by molar-refractivity contribution is -0.277. The molecule has 1 aliphatic carbocycles. The summed E-state index contributed by atoms with van der Waals surface area (Å²) in [6.07, 6.45) is -4.66. The maximum atomic E-state index is 12.2. The third-order valence-electron chi connectivity index (χ3n) is 5.27. The van der Waals surface area contributed by atoms with Gasteiger partial charge in [-0.3, -0.25) is 0 Å². The van der Waals surface area contributed by atoms with Crippen LogP contribution in [0.4, 0.5) is 0 Å².